The minimum absolute atomic E-state index is 0.203. The minimum Gasteiger partial charge on any atom is -0.324 e. The van der Waals surface area contributed by atoms with Crippen LogP contribution in [-0.4, -0.2) is 0 Å². The lowest BCUT2D eigenvalue weighted by molar-refractivity contribution is 0.146. The second kappa shape index (κ2) is 3.28. The highest BCUT2D eigenvalue weighted by molar-refractivity contribution is 5.39. The third-order valence-corrected chi connectivity index (χ3v) is 2.65. The van der Waals surface area contributed by atoms with Gasteiger partial charge in [0.15, 0.2) is 0 Å². The Morgan fingerprint density at radius 1 is 1.36 bits per heavy atom. The Morgan fingerprint density at radius 2 is 2.07 bits per heavy atom. The van der Waals surface area contributed by atoms with Crippen LogP contribution in [-0.2, 0) is 6.42 Å². The van der Waals surface area contributed by atoms with Crippen molar-refractivity contribution in [3.8, 4) is 0 Å². The number of fused-ring (bicyclic) bond motifs is 1. The van der Waals surface area contributed by atoms with Gasteiger partial charge in [0.2, 0.25) is 0 Å². The molecule has 0 aliphatic heterocycles. The van der Waals surface area contributed by atoms with Crippen molar-refractivity contribution < 1.29 is 13.2 Å². The van der Waals surface area contributed by atoms with E-state index < -0.39 is 17.8 Å². The average Bonchev–Trinajstić information content (AvgIpc) is 2.49. The number of rotatable bonds is 1. The summed E-state index contributed by atoms with van der Waals surface area (Å²) in [4.78, 5) is 0. The zero-order valence-corrected chi connectivity index (χ0v) is 7.43. The van der Waals surface area contributed by atoms with E-state index in [0.29, 0.717) is 24.0 Å². The fraction of sp³-hybridized carbons (Fsp3) is 0.400. The maximum atomic E-state index is 13.5. The van der Waals surface area contributed by atoms with Crippen LogP contribution in [0.15, 0.2) is 12.1 Å². The number of nitrogens with two attached hydrogens (primary N) is 1. The van der Waals surface area contributed by atoms with Crippen molar-refractivity contribution in [2.45, 2.75) is 25.3 Å². The summed E-state index contributed by atoms with van der Waals surface area (Å²) >= 11 is 0. The third kappa shape index (κ3) is 1.30. The SMILES string of the molecule is N[C@@H]1CCc2c1ccc(C(F)F)c2F. The molecule has 1 aromatic carbocycles. The summed E-state index contributed by atoms with van der Waals surface area (Å²) in [7, 11) is 0. The molecule has 0 heterocycles. The van der Waals surface area contributed by atoms with E-state index in [1.165, 1.54) is 6.07 Å². The molecule has 76 valence electrons. The Bertz CT molecular complexity index is 363. The Balaban J connectivity index is 2.53. The van der Waals surface area contributed by atoms with Crippen molar-refractivity contribution in [2.24, 2.45) is 5.73 Å². The van der Waals surface area contributed by atoms with Crippen molar-refractivity contribution in [3.63, 3.8) is 0 Å². The first-order valence-electron chi connectivity index (χ1n) is 4.46. The molecule has 0 aromatic heterocycles. The van der Waals surface area contributed by atoms with Crippen molar-refractivity contribution in [1.82, 2.24) is 0 Å². The van der Waals surface area contributed by atoms with Crippen LogP contribution >= 0.6 is 0 Å². The van der Waals surface area contributed by atoms with Gasteiger partial charge in [-0.2, -0.15) is 0 Å². The number of benzene rings is 1. The van der Waals surface area contributed by atoms with Crippen LogP contribution < -0.4 is 5.73 Å². The van der Waals surface area contributed by atoms with Crippen LogP contribution in [0, 0.1) is 5.82 Å². The van der Waals surface area contributed by atoms with Gasteiger partial charge in [-0.15, -0.1) is 0 Å². The highest BCUT2D eigenvalue weighted by Crippen LogP contribution is 2.35. The third-order valence-electron chi connectivity index (χ3n) is 2.65. The molecule has 0 bridgehead atoms. The molecule has 1 aliphatic rings. The minimum atomic E-state index is -2.75. The molecule has 0 saturated heterocycles. The molecule has 0 spiro atoms. The van der Waals surface area contributed by atoms with Crippen LogP contribution in [0.1, 0.15) is 35.6 Å². The highest BCUT2D eigenvalue weighted by Gasteiger charge is 2.26. The maximum absolute atomic E-state index is 13.5. The van der Waals surface area contributed by atoms with Gasteiger partial charge in [-0.1, -0.05) is 12.1 Å². The first-order valence-corrected chi connectivity index (χ1v) is 4.46. The topological polar surface area (TPSA) is 26.0 Å². The van der Waals surface area contributed by atoms with Crippen LogP contribution in [0.2, 0.25) is 0 Å². The Morgan fingerprint density at radius 3 is 2.71 bits per heavy atom. The van der Waals surface area contributed by atoms with Gasteiger partial charge in [-0.3, -0.25) is 0 Å². The molecule has 1 nitrogen and oxygen atoms in total. The zero-order valence-electron chi connectivity index (χ0n) is 7.43. The second-order valence-corrected chi connectivity index (χ2v) is 3.48. The predicted octanol–water partition coefficient (Wildman–Crippen LogP) is 2.71. The molecule has 2 rings (SSSR count). The van der Waals surface area contributed by atoms with Gasteiger partial charge >= 0.3 is 0 Å². The summed E-state index contributed by atoms with van der Waals surface area (Å²) in [5, 5.41) is 0. The van der Waals surface area contributed by atoms with Gasteiger partial charge in [0.1, 0.15) is 5.82 Å². The molecule has 14 heavy (non-hydrogen) atoms. The quantitative estimate of drug-likeness (QED) is 0.742. The van der Waals surface area contributed by atoms with Crippen molar-refractivity contribution >= 4 is 0 Å². The lowest BCUT2D eigenvalue weighted by Crippen LogP contribution is -2.06. The normalized spacial score (nSPS) is 20.2. The Kier molecular flexibility index (Phi) is 2.23. The molecule has 0 unspecified atom stereocenters. The van der Waals surface area contributed by atoms with E-state index in [4.69, 9.17) is 5.73 Å². The molecule has 2 N–H and O–H groups in total. The summed E-state index contributed by atoms with van der Waals surface area (Å²) in [5.74, 6) is -0.773. The summed E-state index contributed by atoms with van der Waals surface area (Å²) < 4.78 is 38.1. The van der Waals surface area contributed by atoms with E-state index in [2.05, 4.69) is 0 Å². The zero-order chi connectivity index (χ0) is 10.3. The molecule has 0 amide bonds. The first kappa shape index (κ1) is 9.52. The van der Waals surface area contributed by atoms with E-state index in [-0.39, 0.29) is 6.04 Å². The molecule has 0 fully saturated rings. The molecular weight excluding hydrogens is 191 g/mol. The van der Waals surface area contributed by atoms with E-state index in [1.807, 2.05) is 0 Å². The van der Waals surface area contributed by atoms with Crippen LogP contribution in [0.3, 0.4) is 0 Å². The smallest absolute Gasteiger partial charge is 0.266 e. The van der Waals surface area contributed by atoms with Crippen molar-refractivity contribution in [1.29, 1.82) is 0 Å². The van der Waals surface area contributed by atoms with E-state index in [9.17, 15) is 13.2 Å². The van der Waals surface area contributed by atoms with E-state index in [1.54, 1.807) is 0 Å². The Hall–Kier alpha value is -1.03. The highest BCUT2D eigenvalue weighted by atomic mass is 19.3. The second-order valence-electron chi connectivity index (χ2n) is 3.48. The van der Waals surface area contributed by atoms with Crippen LogP contribution in [0.4, 0.5) is 13.2 Å². The summed E-state index contributed by atoms with van der Waals surface area (Å²) in [5.41, 5.74) is 6.22. The van der Waals surface area contributed by atoms with Gasteiger partial charge in [-0.05, 0) is 24.0 Å². The maximum Gasteiger partial charge on any atom is 0.266 e. The largest absolute Gasteiger partial charge is 0.324 e. The molecular formula is C10H10F3N. The number of hydrogen-bond acceptors (Lipinski definition) is 1. The van der Waals surface area contributed by atoms with Crippen LogP contribution in [0.5, 0.6) is 0 Å². The summed E-state index contributed by atoms with van der Waals surface area (Å²) in [6.07, 6.45) is -1.65. The number of hydrogen-bond donors (Lipinski definition) is 1. The van der Waals surface area contributed by atoms with E-state index in [0.717, 1.165) is 6.07 Å². The first-order chi connectivity index (χ1) is 6.61. The lowest BCUT2D eigenvalue weighted by Gasteiger charge is -2.08. The van der Waals surface area contributed by atoms with Gasteiger partial charge in [0.25, 0.3) is 6.43 Å². The predicted molar refractivity (Wildman–Crippen MR) is 46.6 cm³/mol. The summed E-state index contributed by atoms with van der Waals surface area (Å²) in [6, 6.07) is 2.44. The average molecular weight is 201 g/mol. The van der Waals surface area contributed by atoms with Crippen LogP contribution in [0.25, 0.3) is 0 Å². The Labute approximate surface area is 79.7 Å². The van der Waals surface area contributed by atoms with Crippen molar-refractivity contribution in [3.05, 3.63) is 34.6 Å². The number of halogens is 3. The van der Waals surface area contributed by atoms with Gasteiger partial charge < -0.3 is 5.73 Å². The monoisotopic (exact) mass is 201 g/mol. The number of alkyl halides is 2. The van der Waals surface area contributed by atoms with Crippen molar-refractivity contribution in [2.75, 3.05) is 0 Å². The van der Waals surface area contributed by atoms with Gasteiger partial charge in [0, 0.05) is 6.04 Å². The standard InChI is InChI=1S/C10H10F3N/c11-9-6-3-4-8(14)5(6)1-2-7(9)10(12)13/h1-2,8,10H,3-4,14H2/t8-/m1/s1. The molecule has 1 atom stereocenters. The lowest BCUT2D eigenvalue weighted by atomic mass is 10.0. The molecule has 4 heteroatoms. The molecule has 1 aromatic rings. The summed E-state index contributed by atoms with van der Waals surface area (Å²) in [6.45, 7) is 0. The molecule has 0 saturated carbocycles. The fourth-order valence-corrected chi connectivity index (χ4v) is 1.88. The fourth-order valence-electron chi connectivity index (χ4n) is 1.88. The van der Waals surface area contributed by atoms with E-state index >= 15 is 0 Å². The van der Waals surface area contributed by atoms with Gasteiger partial charge in [0.05, 0.1) is 5.56 Å². The molecule has 0 radical (unpaired) electrons. The molecule has 1 aliphatic carbocycles. The van der Waals surface area contributed by atoms with Gasteiger partial charge in [-0.25, -0.2) is 13.2 Å².